The van der Waals surface area contributed by atoms with E-state index >= 15 is 0 Å². The molecule has 0 saturated carbocycles. The average Bonchev–Trinajstić information content (AvgIpc) is 3.28. The van der Waals surface area contributed by atoms with E-state index in [1.54, 1.807) is 0 Å². The second-order valence-electron chi connectivity index (χ2n) is 6.47. The van der Waals surface area contributed by atoms with Crippen LogP contribution in [0.25, 0.3) is 5.69 Å². The summed E-state index contributed by atoms with van der Waals surface area (Å²) in [7, 11) is 0. The summed E-state index contributed by atoms with van der Waals surface area (Å²) < 4.78 is 13.6. The Kier molecular flexibility index (Phi) is 4.85. The van der Waals surface area contributed by atoms with Crippen molar-refractivity contribution >= 4 is 11.6 Å². The third kappa shape index (κ3) is 3.64. The standard InChI is InChI=1S/C18H22ClN3O2/c19-15-3-5-16(6-4-15)22-12-14(10-20-22)11-21-7-9-24-18(13-21)17-2-1-8-23-17/h3-6,10,12,17-18H,1-2,7-9,11,13H2. The van der Waals surface area contributed by atoms with Crippen LogP contribution in [-0.2, 0) is 16.0 Å². The van der Waals surface area contributed by atoms with E-state index in [0.717, 1.165) is 56.4 Å². The fourth-order valence-corrected chi connectivity index (χ4v) is 3.56. The SMILES string of the molecule is Clc1ccc(-n2cc(CN3CCOC(C4CCCO4)C3)cn2)cc1. The number of aromatic nitrogens is 2. The molecule has 0 N–H and O–H groups in total. The van der Waals surface area contributed by atoms with E-state index in [9.17, 15) is 0 Å². The molecule has 0 aliphatic carbocycles. The molecule has 4 rings (SSSR count). The van der Waals surface area contributed by atoms with Crippen LogP contribution in [0.4, 0.5) is 0 Å². The van der Waals surface area contributed by atoms with Crippen LogP contribution in [-0.4, -0.2) is 53.2 Å². The van der Waals surface area contributed by atoms with Crippen LogP contribution in [0, 0.1) is 0 Å². The topological polar surface area (TPSA) is 39.5 Å². The summed E-state index contributed by atoms with van der Waals surface area (Å²) in [4.78, 5) is 2.43. The second-order valence-corrected chi connectivity index (χ2v) is 6.90. The van der Waals surface area contributed by atoms with E-state index < -0.39 is 0 Å². The minimum atomic E-state index is 0.201. The molecule has 5 nitrogen and oxygen atoms in total. The number of nitrogens with zero attached hydrogens (tertiary/aromatic N) is 3. The zero-order valence-electron chi connectivity index (χ0n) is 13.6. The van der Waals surface area contributed by atoms with Gasteiger partial charge < -0.3 is 9.47 Å². The number of halogens is 1. The van der Waals surface area contributed by atoms with Crippen LogP contribution < -0.4 is 0 Å². The Morgan fingerprint density at radius 2 is 1.96 bits per heavy atom. The first-order valence-electron chi connectivity index (χ1n) is 8.53. The molecule has 0 radical (unpaired) electrons. The molecule has 0 spiro atoms. The van der Waals surface area contributed by atoms with Gasteiger partial charge in [0, 0.05) is 43.0 Å². The highest BCUT2D eigenvalue weighted by Crippen LogP contribution is 2.22. The largest absolute Gasteiger partial charge is 0.375 e. The molecular weight excluding hydrogens is 326 g/mol. The van der Waals surface area contributed by atoms with Gasteiger partial charge in [0.2, 0.25) is 0 Å². The first kappa shape index (κ1) is 16.1. The minimum Gasteiger partial charge on any atom is -0.375 e. The number of morpholine rings is 1. The highest BCUT2D eigenvalue weighted by molar-refractivity contribution is 6.30. The summed E-state index contributed by atoms with van der Waals surface area (Å²) in [5, 5.41) is 5.20. The zero-order chi connectivity index (χ0) is 16.4. The predicted octanol–water partition coefficient (Wildman–Crippen LogP) is 2.91. The van der Waals surface area contributed by atoms with Crippen LogP contribution >= 0.6 is 11.6 Å². The number of benzene rings is 1. The minimum absolute atomic E-state index is 0.201. The fourth-order valence-electron chi connectivity index (χ4n) is 3.43. The summed E-state index contributed by atoms with van der Waals surface area (Å²) in [6.45, 7) is 4.42. The van der Waals surface area contributed by atoms with Gasteiger partial charge in [-0.05, 0) is 37.1 Å². The lowest BCUT2D eigenvalue weighted by molar-refractivity contribution is -0.0959. The summed E-state index contributed by atoms with van der Waals surface area (Å²) in [6, 6.07) is 7.71. The van der Waals surface area contributed by atoms with Gasteiger partial charge in [0.05, 0.1) is 30.7 Å². The molecule has 2 unspecified atom stereocenters. The normalized spacial score (nSPS) is 25.2. The smallest absolute Gasteiger partial charge is 0.0963 e. The fraction of sp³-hybridized carbons (Fsp3) is 0.500. The first-order chi connectivity index (χ1) is 11.8. The Balaban J connectivity index is 1.39. The van der Waals surface area contributed by atoms with Gasteiger partial charge in [-0.15, -0.1) is 0 Å². The van der Waals surface area contributed by atoms with Crippen molar-refractivity contribution in [3.8, 4) is 5.69 Å². The average molecular weight is 348 g/mol. The molecule has 2 aliphatic heterocycles. The summed E-state index contributed by atoms with van der Waals surface area (Å²) >= 11 is 5.94. The van der Waals surface area contributed by atoms with E-state index in [-0.39, 0.29) is 12.2 Å². The third-order valence-corrected chi connectivity index (χ3v) is 4.94. The summed E-state index contributed by atoms with van der Waals surface area (Å²) in [5.74, 6) is 0. The molecule has 128 valence electrons. The summed E-state index contributed by atoms with van der Waals surface area (Å²) in [6.07, 6.45) is 6.76. The van der Waals surface area contributed by atoms with Gasteiger partial charge in [0.1, 0.15) is 0 Å². The molecule has 24 heavy (non-hydrogen) atoms. The van der Waals surface area contributed by atoms with E-state index in [1.165, 1.54) is 5.56 Å². The highest BCUT2D eigenvalue weighted by Gasteiger charge is 2.31. The van der Waals surface area contributed by atoms with Crippen LogP contribution in [0.3, 0.4) is 0 Å². The van der Waals surface area contributed by atoms with Gasteiger partial charge in [-0.3, -0.25) is 4.90 Å². The van der Waals surface area contributed by atoms with Crippen molar-refractivity contribution in [3.05, 3.63) is 47.2 Å². The predicted molar refractivity (Wildman–Crippen MR) is 92.6 cm³/mol. The molecule has 2 fully saturated rings. The van der Waals surface area contributed by atoms with Crippen molar-refractivity contribution in [1.82, 2.24) is 14.7 Å². The molecule has 0 amide bonds. The van der Waals surface area contributed by atoms with Gasteiger partial charge in [0.15, 0.2) is 0 Å². The number of ether oxygens (including phenoxy) is 2. The molecular formula is C18H22ClN3O2. The molecule has 2 aliphatic rings. The van der Waals surface area contributed by atoms with E-state index in [1.807, 2.05) is 35.1 Å². The van der Waals surface area contributed by atoms with Gasteiger partial charge in [-0.1, -0.05) is 11.6 Å². The van der Waals surface area contributed by atoms with Gasteiger partial charge in [-0.2, -0.15) is 5.10 Å². The van der Waals surface area contributed by atoms with Crippen molar-refractivity contribution in [2.45, 2.75) is 31.6 Å². The Morgan fingerprint density at radius 3 is 2.75 bits per heavy atom. The molecule has 2 atom stereocenters. The molecule has 6 heteroatoms. The van der Waals surface area contributed by atoms with E-state index in [0.29, 0.717) is 0 Å². The maximum absolute atomic E-state index is 5.94. The Bertz CT molecular complexity index is 667. The molecule has 1 aromatic heterocycles. The van der Waals surface area contributed by atoms with Crippen LogP contribution in [0.1, 0.15) is 18.4 Å². The Hall–Kier alpha value is -1.40. The van der Waals surface area contributed by atoms with Crippen molar-refractivity contribution in [1.29, 1.82) is 0 Å². The van der Waals surface area contributed by atoms with E-state index in [4.69, 9.17) is 21.1 Å². The third-order valence-electron chi connectivity index (χ3n) is 4.69. The second kappa shape index (κ2) is 7.23. The monoisotopic (exact) mass is 347 g/mol. The molecule has 3 heterocycles. The van der Waals surface area contributed by atoms with Crippen LogP contribution in [0.5, 0.6) is 0 Å². The lowest BCUT2D eigenvalue weighted by atomic mass is 10.1. The molecule has 0 bridgehead atoms. The number of hydrogen-bond donors (Lipinski definition) is 0. The van der Waals surface area contributed by atoms with Gasteiger partial charge >= 0.3 is 0 Å². The van der Waals surface area contributed by atoms with Crippen LogP contribution in [0.15, 0.2) is 36.7 Å². The zero-order valence-corrected chi connectivity index (χ0v) is 14.4. The molecule has 1 aromatic carbocycles. The van der Waals surface area contributed by atoms with E-state index in [2.05, 4.69) is 16.2 Å². The number of hydrogen-bond acceptors (Lipinski definition) is 4. The van der Waals surface area contributed by atoms with Gasteiger partial charge in [-0.25, -0.2) is 4.68 Å². The Morgan fingerprint density at radius 1 is 1.12 bits per heavy atom. The molecule has 2 aromatic rings. The van der Waals surface area contributed by atoms with Gasteiger partial charge in [0.25, 0.3) is 0 Å². The quantitative estimate of drug-likeness (QED) is 0.852. The van der Waals surface area contributed by atoms with Crippen molar-refractivity contribution < 1.29 is 9.47 Å². The lowest BCUT2D eigenvalue weighted by Gasteiger charge is -2.35. The Labute approximate surface area is 147 Å². The maximum Gasteiger partial charge on any atom is 0.0963 e. The van der Waals surface area contributed by atoms with Crippen LogP contribution in [0.2, 0.25) is 5.02 Å². The molecule has 2 saturated heterocycles. The number of rotatable bonds is 4. The lowest BCUT2D eigenvalue weighted by Crippen LogP contribution is -2.47. The van der Waals surface area contributed by atoms with Crippen molar-refractivity contribution in [3.63, 3.8) is 0 Å². The van der Waals surface area contributed by atoms with Crippen molar-refractivity contribution in [2.24, 2.45) is 0 Å². The summed E-state index contributed by atoms with van der Waals surface area (Å²) in [5.41, 5.74) is 2.22. The maximum atomic E-state index is 5.94. The van der Waals surface area contributed by atoms with Crippen molar-refractivity contribution in [2.75, 3.05) is 26.3 Å². The highest BCUT2D eigenvalue weighted by atomic mass is 35.5. The first-order valence-corrected chi connectivity index (χ1v) is 8.91.